The summed E-state index contributed by atoms with van der Waals surface area (Å²) in [6, 6.07) is 8.03. The molecule has 1 aliphatic rings. The summed E-state index contributed by atoms with van der Waals surface area (Å²) in [6.45, 7) is 6.75. The van der Waals surface area contributed by atoms with E-state index in [0.29, 0.717) is 19.2 Å². The van der Waals surface area contributed by atoms with Crippen LogP contribution in [0.3, 0.4) is 0 Å². The van der Waals surface area contributed by atoms with E-state index in [1.54, 1.807) is 0 Å². The molecule has 0 aromatic heterocycles. The second-order valence-electron chi connectivity index (χ2n) is 5.79. The van der Waals surface area contributed by atoms with Gasteiger partial charge in [0.2, 0.25) is 0 Å². The van der Waals surface area contributed by atoms with Gasteiger partial charge in [0.25, 0.3) is 0 Å². The van der Waals surface area contributed by atoms with E-state index < -0.39 is 6.10 Å². The number of piperazine rings is 1. The van der Waals surface area contributed by atoms with Crippen molar-refractivity contribution >= 4 is 15.9 Å². The number of rotatable bonds is 7. The Morgan fingerprint density at radius 1 is 1.41 bits per heavy atom. The fourth-order valence-electron chi connectivity index (χ4n) is 2.80. The van der Waals surface area contributed by atoms with Gasteiger partial charge < -0.3 is 14.9 Å². The summed E-state index contributed by atoms with van der Waals surface area (Å²) in [5.74, 6) is 0.759. The molecule has 2 N–H and O–H groups in total. The Morgan fingerprint density at radius 3 is 2.91 bits per heavy atom. The van der Waals surface area contributed by atoms with E-state index in [1.807, 2.05) is 24.3 Å². The first-order valence-corrected chi connectivity index (χ1v) is 8.51. The molecule has 2 rings (SSSR count). The second-order valence-corrected chi connectivity index (χ2v) is 6.71. The van der Waals surface area contributed by atoms with Crippen molar-refractivity contribution in [3.8, 4) is 5.75 Å². The van der Waals surface area contributed by atoms with Crippen molar-refractivity contribution in [2.75, 3.05) is 45.9 Å². The highest BCUT2D eigenvalue weighted by atomic mass is 79.9. The molecule has 1 aliphatic heterocycles. The number of halogens is 1. The van der Waals surface area contributed by atoms with Gasteiger partial charge in [-0.15, -0.1) is 0 Å². The number of nitrogens with zero attached hydrogens (tertiary/aromatic N) is 2. The summed E-state index contributed by atoms with van der Waals surface area (Å²) in [6.07, 6.45) is -0.504. The minimum absolute atomic E-state index is 0.202. The average Bonchev–Trinajstić information content (AvgIpc) is 2.48. The smallest absolute Gasteiger partial charge is 0.120 e. The van der Waals surface area contributed by atoms with Crippen LogP contribution in [0.25, 0.3) is 0 Å². The average molecular weight is 373 g/mol. The summed E-state index contributed by atoms with van der Waals surface area (Å²) in [5.41, 5.74) is 0. The number of ether oxygens (including phenoxy) is 1. The predicted molar refractivity (Wildman–Crippen MR) is 90.2 cm³/mol. The van der Waals surface area contributed by atoms with Crippen LogP contribution >= 0.6 is 15.9 Å². The molecule has 0 radical (unpaired) electrons. The number of hydrogen-bond acceptors (Lipinski definition) is 5. The Hall–Kier alpha value is -0.660. The van der Waals surface area contributed by atoms with Gasteiger partial charge >= 0.3 is 0 Å². The molecule has 1 aromatic carbocycles. The van der Waals surface area contributed by atoms with Gasteiger partial charge in [0.15, 0.2) is 0 Å². The Morgan fingerprint density at radius 2 is 2.23 bits per heavy atom. The van der Waals surface area contributed by atoms with Gasteiger partial charge in [-0.05, 0) is 25.1 Å². The minimum atomic E-state index is -0.504. The van der Waals surface area contributed by atoms with E-state index in [-0.39, 0.29) is 6.61 Å². The Labute approximate surface area is 140 Å². The van der Waals surface area contributed by atoms with Crippen molar-refractivity contribution in [2.24, 2.45) is 0 Å². The van der Waals surface area contributed by atoms with Gasteiger partial charge in [0.1, 0.15) is 18.5 Å². The second kappa shape index (κ2) is 8.84. The largest absolute Gasteiger partial charge is 0.491 e. The molecule has 2 atom stereocenters. The zero-order valence-corrected chi connectivity index (χ0v) is 14.6. The highest BCUT2D eigenvalue weighted by Gasteiger charge is 2.24. The van der Waals surface area contributed by atoms with Crippen molar-refractivity contribution in [3.63, 3.8) is 0 Å². The lowest BCUT2D eigenvalue weighted by Crippen LogP contribution is -2.54. The first kappa shape index (κ1) is 17.7. The normalized spacial score (nSPS) is 21.7. The van der Waals surface area contributed by atoms with Gasteiger partial charge in [-0.2, -0.15) is 0 Å². The molecule has 0 aliphatic carbocycles. The van der Waals surface area contributed by atoms with Crippen LogP contribution < -0.4 is 4.74 Å². The van der Waals surface area contributed by atoms with Gasteiger partial charge in [0.05, 0.1) is 6.61 Å². The van der Waals surface area contributed by atoms with Crippen molar-refractivity contribution in [1.82, 2.24) is 9.80 Å². The molecule has 1 fully saturated rings. The van der Waals surface area contributed by atoms with Gasteiger partial charge in [-0.25, -0.2) is 0 Å². The first-order valence-electron chi connectivity index (χ1n) is 7.72. The molecule has 0 spiro atoms. The lowest BCUT2D eigenvalue weighted by atomic mass is 10.2. The zero-order valence-electron chi connectivity index (χ0n) is 13.0. The van der Waals surface area contributed by atoms with E-state index in [9.17, 15) is 5.11 Å². The number of aliphatic hydroxyl groups is 2. The predicted octanol–water partition coefficient (Wildman–Crippen LogP) is 1.19. The van der Waals surface area contributed by atoms with Crippen LogP contribution in [0.15, 0.2) is 28.7 Å². The fraction of sp³-hybridized carbons (Fsp3) is 0.625. The molecule has 0 amide bonds. The summed E-state index contributed by atoms with van der Waals surface area (Å²) in [7, 11) is 0. The molecule has 5 nitrogen and oxygen atoms in total. The highest BCUT2D eigenvalue weighted by molar-refractivity contribution is 9.10. The SMILES string of the molecule is CC1CN(CC(O)COc2cccc(Br)c2)CCN1CCO. The van der Waals surface area contributed by atoms with Crippen LogP contribution in [0.2, 0.25) is 0 Å². The van der Waals surface area contributed by atoms with Gasteiger partial charge in [0, 0.05) is 43.2 Å². The standard InChI is InChI=1S/C16H25BrN2O3/c1-13-10-18(5-6-19(13)7-8-20)11-15(21)12-22-16-4-2-3-14(17)9-16/h2-4,9,13,15,20-21H,5-8,10-12H2,1H3. The summed E-state index contributed by atoms with van der Waals surface area (Å²) < 4.78 is 6.59. The number of β-amino-alcohol motifs (C(OH)–C–C–N with tert-alkyl or cyclic N) is 2. The van der Waals surface area contributed by atoms with Crippen molar-refractivity contribution in [1.29, 1.82) is 0 Å². The van der Waals surface area contributed by atoms with Gasteiger partial charge in [-0.3, -0.25) is 9.80 Å². The van der Waals surface area contributed by atoms with Crippen LogP contribution in [0.4, 0.5) is 0 Å². The Bertz CT molecular complexity index is 461. The summed E-state index contributed by atoms with van der Waals surface area (Å²) >= 11 is 3.40. The monoisotopic (exact) mass is 372 g/mol. The maximum absolute atomic E-state index is 10.2. The van der Waals surface area contributed by atoms with Gasteiger partial charge in [-0.1, -0.05) is 22.0 Å². The zero-order chi connectivity index (χ0) is 15.9. The number of benzene rings is 1. The first-order chi connectivity index (χ1) is 10.6. The minimum Gasteiger partial charge on any atom is -0.491 e. The molecule has 1 aromatic rings. The molecular formula is C16H25BrN2O3. The summed E-state index contributed by atoms with van der Waals surface area (Å²) in [4.78, 5) is 4.54. The third kappa shape index (κ3) is 5.52. The maximum Gasteiger partial charge on any atom is 0.120 e. The molecule has 6 heteroatoms. The van der Waals surface area contributed by atoms with E-state index in [4.69, 9.17) is 9.84 Å². The third-order valence-corrected chi connectivity index (χ3v) is 4.44. The lowest BCUT2D eigenvalue weighted by molar-refractivity contribution is 0.0233. The van der Waals surface area contributed by atoms with E-state index in [2.05, 4.69) is 32.7 Å². The van der Waals surface area contributed by atoms with E-state index in [0.717, 1.165) is 36.4 Å². The number of aliphatic hydroxyl groups excluding tert-OH is 2. The topological polar surface area (TPSA) is 56.2 Å². The van der Waals surface area contributed by atoms with Crippen LogP contribution in [0.1, 0.15) is 6.92 Å². The van der Waals surface area contributed by atoms with Crippen LogP contribution in [0, 0.1) is 0 Å². The van der Waals surface area contributed by atoms with Crippen molar-refractivity contribution < 1.29 is 14.9 Å². The quantitative estimate of drug-likeness (QED) is 0.752. The Kier molecular flexibility index (Phi) is 7.11. The molecule has 0 saturated carbocycles. The molecule has 1 saturated heterocycles. The van der Waals surface area contributed by atoms with Crippen molar-refractivity contribution in [3.05, 3.63) is 28.7 Å². The van der Waals surface area contributed by atoms with Crippen LogP contribution in [-0.2, 0) is 0 Å². The maximum atomic E-state index is 10.2. The van der Waals surface area contributed by atoms with Crippen LogP contribution in [-0.4, -0.2) is 78.1 Å². The number of hydrogen-bond donors (Lipinski definition) is 2. The molecule has 124 valence electrons. The fourth-order valence-corrected chi connectivity index (χ4v) is 3.18. The van der Waals surface area contributed by atoms with Crippen molar-refractivity contribution in [2.45, 2.75) is 19.1 Å². The molecular weight excluding hydrogens is 348 g/mol. The van der Waals surface area contributed by atoms with Crippen LogP contribution in [0.5, 0.6) is 5.75 Å². The highest BCUT2D eigenvalue weighted by Crippen LogP contribution is 2.18. The molecule has 1 heterocycles. The third-order valence-electron chi connectivity index (χ3n) is 3.94. The Balaban J connectivity index is 1.72. The lowest BCUT2D eigenvalue weighted by Gasteiger charge is -2.40. The van der Waals surface area contributed by atoms with E-state index >= 15 is 0 Å². The van der Waals surface area contributed by atoms with E-state index in [1.165, 1.54) is 0 Å². The molecule has 22 heavy (non-hydrogen) atoms. The molecule has 0 bridgehead atoms. The molecule has 2 unspecified atom stereocenters. The summed E-state index contributed by atoms with van der Waals surface area (Å²) in [5, 5.41) is 19.2.